The number of ether oxygens (including phenoxy) is 1. The standard InChI is InChI=1S/C62H98O/c1-5-9-11-15-51-17-21-53(22-18-51)25-27-55-33-41-59(42-34-55)61(57-37-29-49(13-7-3)30-38-57)45-47-63-48-46-62(58-39-31-50(14-8-4)32-40-58)60-43-35-56(36-44-60)28-26-54-23-19-52(20-24-54)16-12-10-6-2/h33-36,41-46,49-54,57-58H,5-32,37-40,47-48H2,1-4H3/t49-,50-,51-,52-,53-,54-,57-,58-. The van der Waals surface area contributed by atoms with Crippen LogP contribution in [0.15, 0.2) is 60.7 Å². The van der Waals surface area contributed by atoms with Crippen LogP contribution in [-0.2, 0) is 17.6 Å². The summed E-state index contributed by atoms with van der Waals surface area (Å²) in [6.07, 6.45) is 49.8. The van der Waals surface area contributed by atoms with Crippen LogP contribution in [0.3, 0.4) is 0 Å². The molecule has 4 aliphatic rings. The molecule has 1 nitrogen and oxygen atoms in total. The van der Waals surface area contributed by atoms with Crippen molar-refractivity contribution in [3.05, 3.63) is 82.9 Å². The molecular weight excluding hydrogens is 761 g/mol. The summed E-state index contributed by atoms with van der Waals surface area (Å²) >= 11 is 0. The van der Waals surface area contributed by atoms with Crippen LogP contribution >= 0.6 is 0 Å². The third kappa shape index (κ3) is 17.2. The van der Waals surface area contributed by atoms with Crippen molar-refractivity contribution in [2.45, 2.75) is 233 Å². The van der Waals surface area contributed by atoms with Gasteiger partial charge < -0.3 is 4.74 Å². The number of rotatable bonds is 26. The maximum Gasteiger partial charge on any atom is 0.0657 e. The summed E-state index contributed by atoms with van der Waals surface area (Å²) in [6.45, 7) is 10.8. The molecule has 0 bridgehead atoms. The largest absolute Gasteiger partial charge is 0.373 e. The van der Waals surface area contributed by atoms with Gasteiger partial charge in [0.15, 0.2) is 0 Å². The first-order chi connectivity index (χ1) is 31.0. The Morgan fingerprint density at radius 3 is 1.03 bits per heavy atom. The normalized spacial score (nSPS) is 27.4. The van der Waals surface area contributed by atoms with Crippen LogP contribution in [0.4, 0.5) is 0 Å². The second-order valence-electron chi connectivity index (χ2n) is 22.1. The third-order valence-electron chi connectivity index (χ3n) is 17.4. The molecule has 0 aromatic heterocycles. The predicted molar refractivity (Wildman–Crippen MR) is 276 cm³/mol. The zero-order valence-corrected chi connectivity index (χ0v) is 41.8. The van der Waals surface area contributed by atoms with E-state index in [2.05, 4.69) is 88.4 Å². The van der Waals surface area contributed by atoms with Gasteiger partial charge in [0, 0.05) is 0 Å². The van der Waals surface area contributed by atoms with Gasteiger partial charge in [-0.05, 0) is 158 Å². The van der Waals surface area contributed by atoms with E-state index in [1.54, 1.807) is 11.1 Å². The summed E-state index contributed by atoms with van der Waals surface area (Å²) in [7, 11) is 0. The lowest BCUT2D eigenvalue weighted by Gasteiger charge is -2.31. The summed E-state index contributed by atoms with van der Waals surface area (Å²) in [5.74, 6) is 7.08. The molecule has 4 fully saturated rings. The van der Waals surface area contributed by atoms with Gasteiger partial charge in [0.2, 0.25) is 0 Å². The number of unbranched alkanes of at least 4 members (excludes halogenated alkanes) is 4. The van der Waals surface area contributed by atoms with E-state index in [1.807, 2.05) is 0 Å². The van der Waals surface area contributed by atoms with Gasteiger partial charge in [-0.1, -0.05) is 217 Å². The molecule has 0 radical (unpaired) electrons. The molecule has 0 heterocycles. The van der Waals surface area contributed by atoms with E-state index in [4.69, 9.17) is 4.74 Å². The van der Waals surface area contributed by atoms with Gasteiger partial charge in [0.1, 0.15) is 0 Å². The Morgan fingerprint density at radius 1 is 0.381 bits per heavy atom. The average Bonchev–Trinajstić information content (AvgIpc) is 3.32. The smallest absolute Gasteiger partial charge is 0.0657 e. The summed E-state index contributed by atoms with van der Waals surface area (Å²) in [4.78, 5) is 0. The van der Waals surface area contributed by atoms with Gasteiger partial charge >= 0.3 is 0 Å². The van der Waals surface area contributed by atoms with Crippen molar-refractivity contribution in [1.29, 1.82) is 0 Å². The number of benzene rings is 2. The van der Waals surface area contributed by atoms with Crippen molar-refractivity contribution >= 4 is 11.1 Å². The number of hydrogen-bond donors (Lipinski definition) is 0. The van der Waals surface area contributed by atoms with E-state index < -0.39 is 0 Å². The molecule has 2 aromatic rings. The van der Waals surface area contributed by atoms with Crippen LogP contribution in [0.2, 0.25) is 0 Å². The highest BCUT2D eigenvalue weighted by Gasteiger charge is 2.27. The van der Waals surface area contributed by atoms with Crippen LogP contribution in [-0.4, -0.2) is 13.2 Å². The third-order valence-corrected chi connectivity index (χ3v) is 17.4. The van der Waals surface area contributed by atoms with Crippen molar-refractivity contribution in [2.75, 3.05) is 13.2 Å². The Hall–Kier alpha value is -2.12. The fourth-order valence-corrected chi connectivity index (χ4v) is 13.2. The van der Waals surface area contributed by atoms with E-state index in [0.717, 1.165) is 35.5 Å². The molecular formula is C62H98O. The van der Waals surface area contributed by atoms with Gasteiger partial charge in [0.05, 0.1) is 13.2 Å². The monoisotopic (exact) mass is 859 g/mol. The van der Waals surface area contributed by atoms with Gasteiger partial charge in [0.25, 0.3) is 0 Å². The van der Waals surface area contributed by atoms with Gasteiger partial charge in [-0.25, -0.2) is 0 Å². The van der Waals surface area contributed by atoms with E-state index >= 15 is 0 Å². The number of aryl methyl sites for hydroxylation is 2. The zero-order valence-electron chi connectivity index (χ0n) is 41.8. The quantitative estimate of drug-likeness (QED) is 0.0857. The highest BCUT2D eigenvalue weighted by Crippen LogP contribution is 2.42. The first-order valence-electron chi connectivity index (χ1n) is 28.2. The Labute approximate surface area is 390 Å². The molecule has 0 saturated heterocycles. The number of hydrogen-bond acceptors (Lipinski definition) is 1. The second-order valence-corrected chi connectivity index (χ2v) is 22.1. The molecule has 352 valence electrons. The lowest BCUT2D eigenvalue weighted by Crippen LogP contribution is -2.17. The van der Waals surface area contributed by atoms with Crippen LogP contribution in [0.1, 0.15) is 243 Å². The molecule has 63 heavy (non-hydrogen) atoms. The Kier molecular flexibility index (Phi) is 23.0. The van der Waals surface area contributed by atoms with E-state index in [-0.39, 0.29) is 0 Å². The van der Waals surface area contributed by atoms with E-state index in [9.17, 15) is 0 Å². The molecule has 0 unspecified atom stereocenters. The van der Waals surface area contributed by atoms with Gasteiger partial charge in [-0.15, -0.1) is 0 Å². The van der Waals surface area contributed by atoms with Crippen LogP contribution in [0.25, 0.3) is 11.1 Å². The van der Waals surface area contributed by atoms with Crippen molar-refractivity contribution in [2.24, 2.45) is 47.3 Å². The SMILES string of the molecule is CCCCC[C@H]1CC[C@H](CCc2ccc(C(=CCOCC=C(c3ccc(CC[C@H]4CC[C@H](CCCCC)CC4)cc3)[C@H]3CC[C@H](CCC)CC3)[C@H]3CC[C@H](CCC)CC3)cc2)CC1. The Bertz CT molecular complexity index is 1410. The van der Waals surface area contributed by atoms with E-state index in [1.165, 1.54) is 228 Å². The minimum atomic E-state index is 0.661. The van der Waals surface area contributed by atoms with Gasteiger partial charge in [-0.3, -0.25) is 0 Å². The lowest BCUT2D eigenvalue weighted by atomic mass is 9.75. The fourth-order valence-electron chi connectivity index (χ4n) is 13.2. The highest BCUT2D eigenvalue weighted by atomic mass is 16.5. The molecule has 0 spiro atoms. The number of allylic oxidation sites excluding steroid dienone is 2. The Balaban J connectivity index is 1.05. The minimum absolute atomic E-state index is 0.661. The maximum atomic E-state index is 6.61. The molecule has 4 aliphatic carbocycles. The molecule has 0 aliphatic heterocycles. The molecule has 0 amide bonds. The van der Waals surface area contributed by atoms with Crippen molar-refractivity contribution < 1.29 is 4.74 Å². The Morgan fingerprint density at radius 2 is 0.698 bits per heavy atom. The minimum Gasteiger partial charge on any atom is -0.373 e. The molecule has 0 N–H and O–H groups in total. The first kappa shape index (κ1) is 50.3. The predicted octanol–water partition coefficient (Wildman–Crippen LogP) is 19.0. The summed E-state index contributed by atoms with van der Waals surface area (Å²) in [6, 6.07) is 19.8. The molecule has 4 saturated carbocycles. The second kappa shape index (κ2) is 28.8. The zero-order chi connectivity index (χ0) is 43.9. The van der Waals surface area contributed by atoms with Crippen LogP contribution in [0.5, 0.6) is 0 Å². The van der Waals surface area contributed by atoms with Crippen molar-refractivity contribution in [3.63, 3.8) is 0 Å². The maximum absolute atomic E-state index is 6.61. The molecule has 0 atom stereocenters. The topological polar surface area (TPSA) is 9.23 Å². The van der Waals surface area contributed by atoms with Gasteiger partial charge in [-0.2, -0.15) is 0 Å². The fraction of sp³-hybridized carbons (Fsp3) is 0.742. The summed E-state index contributed by atoms with van der Waals surface area (Å²) in [5, 5.41) is 0. The molecule has 2 aromatic carbocycles. The summed E-state index contributed by atoms with van der Waals surface area (Å²) < 4.78 is 6.61. The summed E-state index contributed by atoms with van der Waals surface area (Å²) in [5.41, 5.74) is 9.10. The lowest BCUT2D eigenvalue weighted by molar-refractivity contribution is 0.193. The average molecular weight is 859 g/mol. The van der Waals surface area contributed by atoms with Crippen LogP contribution in [0, 0.1) is 47.3 Å². The highest BCUT2D eigenvalue weighted by molar-refractivity contribution is 5.69. The van der Waals surface area contributed by atoms with Crippen molar-refractivity contribution in [3.8, 4) is 0 Å². The van der Waals surface area contributed by atoms with E-state index in [0.29, 0.717) is 25.0 Å². The molecule has 1 heteroatoms. The molecule has 6 rings (SSSR count). The van der Waals surface area contributed by atoms with Crippen LogP contribution < -0.4 is 0 Å². The van der Waals surface area contributed by atoms with Crippen molar-refractivity contribution in [1.82, 2.24) is 0 Å². The first-order valence-corrected chi connectivity index (χ1v) is 28.2.